The number of amides is 1. The standard InChI is InChI=1S/C19H27NO5/c1-12(2)16(18(23)25-11-15(21)19(3,4)5)20-17(22)13-7-9-14(24-6)10-8-13/h7-10,12,16H,11H2,1-6H3,(H,20,22)/t16-/m0/s1. The van der Waals surface area contributed by atoms with Crippen molar-refractivity contribution in [1.29, 1.82) is 0 Å². The van der Waals surface area contributed by atoms with Gasteiger partial charge in [0.25, 0.3) is 5.91 Å². The summed E-state index contributed by atoms with van der Waals surface area (Å²) in [5, 5.41) is 2.67. The van der Waals surface area contributed by atoms with Crippen molar-refractivity contribution in [2.45, 2.75) is 40.7 Å². The second-order valence-corrected chi connectivity index (χ2v) is 7.20. The number of benzene rings is 1. The molecule has 1 amide bonds. The fourth-order valence-electron chi connectivity index (χ4n) is 1.91. The zero-order valence-electron chi connectivity index (χ0n) is 15.7. The second kappa shape index (κ2) is 8.65. The molecular formula is C19H27NO5. The van der Waals surface area contributed by atoms with Crippen molar-refractivity contribution >= 4 is 17.7 Å². The van der Waals surface area contributed by atoms with E-state index in [1.165, 1.54) is 0 Å². The molecule has 0 heterocycles. The van der Waals surface area contributed by atoms with Gasteiger partial charge in [0, 0.05) is 11.0 Å². The molecule has 1 rings (SSSR count). The molecule has 0 spiro atoms. The smallest absolute Gasteiger partial charge is 0.329 e. The highest BCUT2D eigenvalue weighted by atomic mass is 16.5. The molecule has 0 bridgehead atoms. The van der Waals surface area contributed by atoms with Crippen molar-refractivity contribution in [3.8, 4) is 5.75 Å². The first-order valence-corrected chi connectivity index (χ1v) is 8.21. The van der Waals surface area contributed by atoms with E-state index in [0.29, 0.717) is 11.3 Å². The van der Waals surface area contributed by atoms with Gasteiger partial charge < -0.3 is 14.8 Å². The molecule has 1 N–H and O–H groups in total. The van der Waals surface area contributed by atoms with E-state index in [-0.39, 0.29) is 24.2 Å². The lowest BCUT2D eigenvalue weighted by molar-refractivity contribution is -0.152. The molecule has 0 saturated heterocycles. The lowest BCUT2D eigenvalue weighted by atomic mass is 9.91. The number of ketones is 1. The van der Waals surface area contributed by atoms with Gasteiger partial charge in [0.1, 0.15) is 11.8 Å². The topological polar surface area (TPSA) is 81.7 Å². The van der Waals surface area contributed by atoms with E-state index in [1.54, 1.807) is 66.0 Å². The number of nitrogens with one attached hydrogen (secondary N) is 1. The van der Waals surface area contributed by atoms with Crippen molar-refractivity contribution in [3.05, 3.63) is 29.8 Å². The molecule has 0 aliphatic heterocycles. The number of methoxy groups -OCH3 is 1. The van der Waals surface area contributed by atoms with Crippen LogP contribution in [-0.2, 0) is 14.3 Å². The summed E-state index contributed by atoms with van der Waals surface area (Å²) in [6.07, 6.45) is 0. The first kappa shape index (κ1) is 20.7. The van der Waals surface area contributed by atoms with Crippen LogP contribution < -0.4 is 10.1 Å². The third-order valence-electron chi connectivity index (χ3n) is 3.74. The minimum Gasteiger partial charge on any atom is -0.497 e. The van der Waals surface area contributed by atoms with Crippen molar-refractivity contribution in [1.82, 2.24) is 5.32 Å². The summed E-state index contributed by atoms with van der Waals surface area (Å²) < 4.78 is 10.2. The maximum atomic E-state index is 12.3. The van der Waals surface area contributed by atoms with Crippen LogP contribution in [0.1, 0.15) is 45.0 Å². The molecule has 6 heteroatoms. The highest BCUT2D eigenvalue weighted by molar-refractivity contribution is 5.97. The normalized spacial score (nSPS) is 12.4. The highest BCUT2D eigenvalue weighted by Gasteiger charge is 2.28. The average molecular weight is 349 g/mol. The predicted molar refractivity (Wildman–Crippen MR) is 94.5 cm³/mol. The third-order valence-corrected chi connectivity index (χ3v) is 3.74. The summed E-state index contributed by atoms with van der Waals surface area (Å²) in [5.74, 6) is -0.726. The molecule has 0 saturated carbocycles. The number of carbonyl (C=O) groups excluding carboxylic acids is 3. The van der Waals surface area contributed by atoms with Gasteiger partial charge in [-0.2, -0.15) is 0 Å². The van der Waals surface area contributed by atoms with Crippen LogP contribution in [-0.4, -0.2) is 37.4 Å². The van der Waals surface area contributed by atoms with Crippen LogP contribution in [0.25, 0.3) is 0 Å². The first-order chi connectivity index (χ1) is 11.6. The summed E-state index contributed by atoms with van der Waals surface area (Å²) in [7, 11) is 1.54. The molecule has 0 aliphatic carbocycles. The molecule has 0 aromatic heterocycles. The van der Waals surface area contributed by atoms with Gasteiger partial charge in [-0.05, 0) is 30.2 Å². The SMILES string of the molecule is COc1ccc(C(=O)N[C@H](C(=O)OCC(=O)C(C)(C)C)C(C)C)cc1. The molecular weight excluding hydrogens is 322 g/mol. The molecule has 0 radical (unpaired) electrons. The number of hydrogen-bond donors (Lipinski definition) is 1. The van der Waals surface area contributed by atoms with Gasteiger partial charge in [-0.3, -0.25) is 9.59 Å². The van der Waals surface area contributed by atoms with Gasteiger partial charge in [-0.15, -0.1) is 0 Å². The summed E-state index contributed by atoms with van der Waals surface area (Å²) >= 11 is 0. The Labute approximate surface area is 148 Å². The Morgan fingerprint density at radius 1 is 1.08 bits per heavy atom. The Hall–Kier alpha value is -2.37. The van der Waals surface area contributed by atoms with Crippen LogP contribution in [0.2, 0.25) is 0 Å². The second-order valence-electron chi connectivity index (χ2n) is 7.20. The Bertz CT molecular complexity index is 614. The van der Waals surface area contributed by atoms with Crippen LogP contribution >= 0.6 is 0 Å². The number of carbonyl (C=O) groups is 3. The fraction of sp³-hybridized carbons (Fsp3) is 0.526. The van der Waals surface area contributed by atoms with Gasteiger partial charge in [0.15, 0.2) is 12.4 Å². The van der Waals surface area contributed by atoms with E-state index in [1.807, 2.05) is 0 Å². The van der Waals surface area contributed by atoms with Crippen molar-refractivity contribution < 1.29 is 23.9 Å². The molecule has 0 unspecified atom stereocenters. The molecule has 1 aromatic rings. The third kappa shape index (κ3) is 6.21. The number of esters is 1. The lowest BCUT2D eigenvalue weighted by Crippen LogP contribution is -2.46. The summed E-state index contributed by atoms with van der Waals surface area (Å²) in [6, 6.07) is 5.72. The predicted octanol–water partition coefficient (Wildman–Crippen LogP) is 2.61. The monoisotopic (exact) mass is 349 g/mol. The summed E-state index contributed by atoms with van der Waals surface area (Å²) in [4.78, 5) is 36.5. The van der Waals surface area contributed by atoms with E-state index >= 15 is 0 Å². The lowest BCUT2D eigenvalue weighted by Gasteiger charge is -2.22. The maximum Gasteiger partial charge on any atom is 0.329 e. The molecule has 0 fully saturated rings. The minimum absolute atomic E-state index is 0.176. The maximum absolute atomic E-state index is 12.3. The van der Waals surface area contributed by atoms with E-state index in [4.69, 9.17) is 9.47 Å². The molecule has 1 aromatic carbocycles. The molecule has 6 nitrogen and oxygen atoms in total. The number of hydrogen-bond acceptors (Lipinski definition) is 5. The van der Waals surface area contributed by atoms with Gasteiger partial charge in [0.2, 0.25) is 0 Å². The van der Waals surface area contributed by atoms with Crippen LogP contribution in [0.4, 0.5) is 0 Å². The Morgan fingerprint density at radius 3 is 2.08 bits per heavy atom. The number of ether oxygens (including phenoxy) is 2. The van der Waals surface area contributed by atoms with E-state index in [0.717, 1.165) is 0 Å². The van der Waals surface area contributed by atoms with Crippen molar-refractivity contribution in [3.63, 3.8) is 0 Å². The molecule has 0 aliphatic rings. The Kier molecular flexibility index (Phi) is 7.15. The zero-order valence-corrected chi connectivity index (χ0v) is 15.7. The van der Waals surface area contributed by atoms with Crippen LogP contribution in [0.15, 0.2) is 24.3 Å². The zero-order chi connectivity index (χ0) is 19.2. The quantitative estimate of drug-likeness (QED) is 0.765. The van der Waals surface area contributed by atoms with Crippen LogP contribution in [0.5, 0.6) is 5.75 Å². The van der Waals surface area contributed by atoms with Gasteiger partial charge >= 0.3 is 5.97 Å². The largest absolute Gasteiger partial charge is 0.497 e. The summed E-state index contributed by atoms with van der Waals surface area (Å²) in [6.45, 7) is 8.57. The Morgan fingerprint density at radius 2 is 1.64 bits per heavy atom. The Balaban J connectivity index is 2.73. The van der Waals surface area contributed by atoms with Crippen molar-refractivity contribution in [2.75, 3.05) is 13.7 Å². The fourth-order valence-corrected chi connectivity index (χ4v) is 1.91. The van der Waals surface area contributed by atoms with E-state index < -0.39 is 17.4 Å². The molecule has 138 valence electrons. The van der Waals surface area contributed by atoms with Crippen LogP contribution in [0.3, 0.4) is 0 Å². The molecule has 25 heavy (non-hydrogen) atoms. The molecule has 1 atom stereocenters. The van der Waals surface area contributed by atoms with Gasteiger partial charge in [-0.25, -0.2) is 4.79 Å². The first-order valence-electron chi connectivity index (χ1n) is 8.21. The van der Waals surface area contributed by atoms with Crippen LogP contribution in [0, 0.1) is 11.3 Å². The summed E-state index contributed by atoms with van der Waals surface area (Å²) in [5.41, 5.74) is -0.176. The highest BCUT2D eigenvalue weighted by Crippen LogP contribution is 2.15. The van der Waals surface area contributed by atoms with Gasteiger partial charge in [0.05, 0.1) is 7.11 Å². The van der Waals surface area contributed by atoms with E-state index in [9.17, 15) is 14.4 Å². The van der Waals surface area contributed by atoms with E-state index in [2.05, 4.69) is 5.32 Å². The minimum atomic E-state index is -0.831. The van der Waals surface area contributed by atoms with Gasteiger partial charge in [-0.1, -0.05) is 34.6 Å². The van der Waals surface area contributed by atoms with Crippen molar-refractivity contribution in [2.24, 2.45) is 11.3 Å². The number of Topliss-reactive ketones (excluding diaryl/α,β-unsaturated/α-hetero) is 1. The average Bonchev–Trinajstić information content (AvgIpc) is 2.55. The number of rotatable bonds is 7.